The van der Waals surface area contributed by atoms with Crippen molar-refractivity contribution in [1.29, 1.82) is 0 Å². The maximum atomic E-state index is 5.46. The molecule has 68 valence electrons. The third kappa shape index (κ3) is 2.36. The predicted molar refractivity (Wildman–Crippen MR) is 48.8 cm³/mol. The van der Waals surface area contributed by atoms with Gasteiger partial charge < -0.3 is 15.5 Å². The minimum Gasteiger partial charge on any atom is -0.469 e. The van der Waals surface area contributed by atoms with E-state index in [1.807, 2.05) is 13.0 Å². The molecule has 0 radical (unpaired) electrons. The highest BCUT2D eigenvalue weighted by molar-refractivity contribution is 5.14. The third-order valence-corrected chi connectivity index (χ3v) is 1.96. The van der Waals surface area contributed by atoms with Crippen LogP contribution in [-0.2, 0) is 6.54 Å². The number of aryl methyl sites for hydroxylation is 1. The van der Waals surface area contributed by atoms with Crippen LogP contribution in [0.1, 0.15) is 18.2 Å². The van der Waals surface area contributed by atoms with Gasteiger partial charge in [0.2, 0.25) is 0 Å². The monoisotopic (exact) mass is 168 g/mol. The Kier molecular flexibility index (Phi) is 3.31. The van der Waals surface area contributed by atoms with Crippen LogP contribution in [0.15, 0.2) is 16.7 Å². The molecule has 0 aliphatic heterocycles. The molecule has 0 aromatic carbocycles. The van der Waals surface area contributed by atoms with Crippen molar-refractivity contribution in [3.05, 3.63) is 23.7 Å². The van der Waals surface area contributed by atoms with Gasteiger partial charge in [0.1, 0.15) is 5.76 Å². The molecule has 1 heterocycles. The second-order valence-corrected chi connectivity index (χ2v) is 3.02. The van der Waals surface area contributed by atoms with Crippen molar-refractivity contribution in [2.45, 2.75) is 26.4 Å². The van der Waals surface area contributed by atoms with E-state index in [1.165, 1.54) is 5.56 Å². The molecule has 3 nitrogen and oxygen atoms in total. The van der Waals surface area contributed by atoms with Crippen LogP contribution in [0.5, 0.6) is 0 Å². The molecule has 3 N–H and O–H groups in total. The highest BCUT2D eigenvalue weighted by Gasteiger charge is 2.02. The zero-order valence-corrected chi connectivity index (χ0v) is 7.63. The Morgan fingerprint density at radius 2 is 2.42 bits per heavy atom. The summed E-state index contributed by atoms with van der Waals surface area (Å²) in [5, 5.41) is 3.29. The van der Waals surface area contributed by atoms with Crippen molar-refractivity contribution in [1.82, 2.24) is 5.32 Å². The van der Waals surface area contributed by atoms with Gasteiger partial charge in [-0.1, -0.05) is 0 Å². The third-order valence-electron chi connectivity index (χ3n) is 1.96. The van der Waals surface area contributed by atoms with Gasteiger partial charge in [0.25, 0.3) is 0 Å². The lowest BCUT2D eigenvalue weighted by atomic mass is 10.2. The average Bonchev–Trinajstić information content (AvgIpc) is 2.47. The zero-order valence-electron chi connectivity index (χ0n) is 7.63. The first kappa shape index (κ1) is 9.29. The van der Waals surface area contributed by atoms with Gasteiger partial charge in [-0.3, -0.25) is 0 Å². The molecule has 0 saturated heterocycles. The fourth-order valence-electron chi connectivity index (χ4n) is 0.962. The Labute approximate surface area is 72.9 Å². The number of rotatable bonds is 4. The molecule has 1 atom stereocenters. The quantitative estimate of drug-likeness (QED) is 0.706. The highest BCUT2D eigenvalue weighted by Crippen LogP contribution is 2.07. The van der Waals surface area contributed by atoms with Crippen molar-refractivity contribution in [3.63, 3.8) is 0 Å². The first-order valence-electron chi connectivity index (χ1n) is 4.20. The zero-order chi connectivity index (χ0) is 8.97. The van der Waals surface area contributed by atoms with Crippen molar-refractivity contribution >= 4 is 0 Å². The van der Waals surface area contributed by atoms with Gasteiger partial charge in [-0.15, -0.1) is 0 Å². The average molecular weight is 168 g/mol. The normalized spacial score (nSPS) is 13.2. The number of hydrogen-bond donors (Lipinski definition) is 2. The molecule has 0 bridgehead atoms. The topological polar surface area (TPSA) is 51.2 Å². The second-order valence-electron chi connectivity index (χ2n) is 3.02. The summed E-state index contributed by atoms with van der Waals surface area (Å²) < 4.78 is 5.16. The number of furan rings is 1. The molecule has 3 heteroatoms. The van der Waals surface area contributed by atoms with E-state index in [1.54, 1.807) is 6.26 Å². The van der Waals surface area contributed by atoms with Crippen LogP contribution >= 0.6 is 0 Å². The Morgan fingerprint density at radius 3 is 2.92 bits per heavy atom. The van der Waals surface area contributed by atoms with E-state index in [9.17, 15) is 0 Å². The summed E-state index contributed by atoms with van der Waals surface area (Å²) in [4.78, 5) is 0. The summed E-state index contributed by atoms with van der Waals surface area (Å²) in [7, 11) is 0. The van der Waals surface area contributed by atoms with Gasteiger partial charge in [0.05, 0.1) is 6.26 Å². The Bertz CT molecular complexity index is 232. The van der Waals surface area contributed by atoms with Gasteiger partial charge in [-0.2, -0.15) is 0 Å². The van der Waals surface area contributed by atoms with Crippen LogP contribution in [0.25, 0.3) is 0 Å². The molecule has 0 fully saturated rings. The van der Waals surface area contributed by atoms with Crippen molar-refractivity contribution in [2.24, 2.45) is 5.73 Å². The van der Waals surface area contributed by atoms with E-state index in [4.69, 9.17) is 10.2 Å². The summed E-state index contributed by atoms with van der Waals surface area (Å²) in [6.07, 6.45) is 1.71. The molecular formula is C9H16N2O. The number of nitrogens with one attached hydrogen (secondary N) is 1. The van der Waals surface area contributed by atoms with Gasteiger partial charge in [0.15, 0.2) is 0 Å². The molecule has 0 spiro atoms. The summed E-state index contributed by atoms with van der Waals surface area (Å²) in [6, 6.07) is 2.34. The fourth-order valence-corrected chi connectivity index (χ4v) is 0.962. The Morgan fingerprint density at radius 1 is 1.67 bits per heavy atom. The van der Waals surface area contributed by atoms with Crippen LogP contribution in [0, 0.1) is 6.92 Å². The van der Waals surface area contributed by atoms with Crippen molar-refractivity contribution < 1.29 is 4.42 Å². The van der Waals surface area contributed by atoms with E-state index in [0.717, 1.165) is 12.3 Å². The van der Waals surface area contributed by atoms with Crippen LogP contribution in [-0.4, -0.2) is 12.6 Å². The molecule has 0 aliphatic carbocycles. The summed E-state index contributed by atoms with van der Waals surface area (Å²) in [6.45, 7) is 5.52. The SMILES string of the molecule is Cc1occc1CN[C@@H](C)CN. The fraction of sp³-hybridized carbons (Fsp3) is 0.556. The van der Waals surface area contributed by atoms with Crippen LogP contribution in [0.4, 0.5) is 0 Å². The van der Waals surface area contributed by atoms with Crippen molar-refractivity contribution in [3.8, 4) is 0 Å². The standard InChI is InChI=1S/C9H16N2O/c1-7(5-10)11-6-9-3-4-12-8(9)2/h3-4,7,11H,5-6,10H2,1-2H3/t7-/m0/s1. The molecular weight excluding hydrogens is 152 g/mol. The Hall–Kier alpha value is -0.800. The van der Waals surface area contributed by atoms with Gasteiger partial charge in [-0.05, 0) is 19.9 Å². The maximum Gasteiger partial charge on any atom is 0.105 e. The van der Waals surface area contributed by atoms with E-state index in [-0.39, 0.29) is 0 Å². The maximum absolute atomic E-state index is 5.46. The second kappa shape index (κ2) is 4.28. The van der Waals surface area contributed by atoms with Crippen molar-refractivity contribution in [2.75, 3.05) is 6.54 Å². The number of hydrogen-bond acceptors (Lipinski definition) is 3. The van der Waals surface area contributed by atoms with E-state index >= 15 is 0 Å². The van der Waals surface area contributed by atoms with Gasteiger partial charge >= 0.3 is 0 Å². The molecule has 1 rings (SSSR count). The minimum atomic E-state index is 0.360. The van der Waals surface area contributed by atoms with E-state index < -0.39 is 0 Å². The lowest BCUT2D eigenvalue weighted by molar-refractivity contribution is 0.516. The summed E-state index contributed by atoms with van der Waals surface area (Å²) >= 11 is 0. The summed E-state index contributed by atoms with van der Waals surface area (Å²) in [5.74, 6) is 0.978. The Balaban J connectivity index is 2.38. The van der Waals surface area contributed by atoms with Gasteiger partial charge in [0, 0.05) is 24.7 Å². The molecule has 0 amide bonds. The lowest BCUT2D eigenvalue weighted by Gasteiger charge is -2.09. The largest absolute Gasteiger partial charge is 0.469 e. The minimum absolute atomic E-state index is 0.360. The molecule has 1 aromatic rings. The molecule has 0 unspecified atom stereocenters. The first-order valence-corrected chi connectivity index (χ1v) is 4.20. The molecule has 1 aromatic heterocycles. The predicted octanol–water partition coefficient (Wildman–Crippen LogP) is 1.02. The van der Waals surface area contributed by atoms with E-state index in [0.29, 0.717) is 12.6 Å². The van der Waals surface area contributed by atoms with Crippen LogP contribution in [0.2, 0.25) is 0 Å². The van der Waals surface area contributed by atoms with E-state index in [2.05, 4.69) is 12.2 Å². The molecule has 0 saturated carbocycles. The summed E-state index contributed by atoms with van der Waals surface area (Å²) in [5.41, 5.74) is 6.67. The van der Waals surface area contributed by atoms with Crippen LogP contribution < -0.4 is 11.1 Å². The lowest BCUT2D eigenvalue weighted by Crippen LogP contribution is -2.32. The van der Waals surface area contributed by atoms with Crippen LogP contribution in [0.3, 0.4) is 0 Å². The molecule has 12 heavy (non-hydrogen) atoms. The number of nitrogens with two attached hydrogens (primary N) is 1. The molecule has 0 aliphatic rings. The highest BCUT2D eigenvalue weighted by atomic mass is 16.3. The van der Waals surface area contributed by atoms with Gasteiger partial charge in [-0.25, -0.2) is 0 Å². The first-order chi connectivity index (χ1) is 5.74. The smallest absolute Gasteiger partial charge is 0.105 e.